The first-order chi connectivity index (χ1) is 5.16. The average Bonchev–Trinajstić information content (AvgIpc) is 1.87. The van der Waals surface area contributed by atoms with Gasteiger partial charge in [0.1, 0.15) is 12.8 Å². The van der Waals surface area contributed by atoms with Crippen LogP contribution < -0.4 is 5.43 Å². The standard InChI is InChI=1S/C6H10N4O/c1-10(2)5-8-9-6(11)3-4-7/h5H,3H2,1-2H3,(H,9,11)/b8-5+. The molecule has 0 aromatic heterocycles. The molecule has 1 amide bonds. The summed E-state index contributed by atoms with van der Waals surface area (Å²) in [7, 11) is 3.56. The highest BCUT2D eigenvalue weighted by atomic mass is 16.2. The molecule has 5 nitrogen and oxygen atoms in total. The lowest BCUT2D eigenvalue weighted by Crippen LogP contribution is -2.19. The van der Waals surface area contributed by atoms with Gasteiger partial charge in [0.05, 0.1) is 6.07 Å². The summed E-state index contributed by atoms with van der Waals surface area (Å²) in [4.78, 5) is 12.2. The number of hydrogen-bond donors (Lipinski definition) is 1. The van der Waals surface area contributed by atoms with Crippen molar-refractivity contribution in [2.24, 2.45) is 5.10 Å². The van der Waals surface area contributed by atoms with E-state index in [-0.39, 0.29) is 6.42 Å². The van der Waals surface area contributed by atoms with Crippen LogP contribution in [0.15, 0.2) is 5.10 Å². The largest absolute Gasteiger partial charge is 0.367 e. The van der Waals surface area contributed by atoms with Gasteiger partial charge in [0.2, 0.25) is 0 Å². The number of nitrogens with one attached hydrogen (secondary N) is 1. The lowest BCUT2D eigenvalue weighted by atomic mass is 10.5. The Morgan fingerprint density at radius 3 is 2.91 bits per heavy atom. The van der Waals surface area contributed by atoms with Crippen LogP contribution >= 0.6 is 0 Å². The second-order valence-corrected chi connectivity index (χ2v) is 2.08. The van der Waals surface area contributed by atoms with Gasteiger partial charge in [0.15, 0.2) is 0 Å². The molecule has 1 N–H and O–H groups in total. The van der Waals surface area contributed by atoms with Crippen molar-refractivity contribution in [3.8, 4) is 6.07 Å². The second-order valence-electron chi connectivity index (χ2n) is 2.08. The van der Waals surface area contributed by atoms with Crippen LogP contribution in [0.3, 0.4) is 0 Å². The van der Waals surface area contributed by atoms with Gasteiger partial charge in [-0.25, -0.2) is 5.43 Å². The Hall–Kier alpha value is -1.57. The zero-order valence-corrected chi connectivity index (χ0v) is 6.53. The fourth-order valence-corrected chi connectivity index (χ4v) is 0.328. The van der Waals surface area contributed by atoms with Crippen LogP contribution in [-0.4, -0.2) is 31.2 Å². The molecule has 0 saturated carbocycles. The predicted molar refractivity (Wildman–Crippen MR) is 40.6 cm³/mol. The van der Waals surface area contributed by atoms with Crippen LogP contribution in [0.1, 0.15) is 6.42 Å². The minimum absolute atomic E-state index is 0.162. The highest BCUT2D eigenvalue weighted by Crippen LogP contribution is 1.74. The van der Waals surface area contributed by atoms with Gasteiger partial charge < -0.3 is 4.90 Å². The van der Waals surface area contributed by atoms with Crippen molar-refractivity contribution < 1.29 is 4.79 Å². The molecule has 0 spiro atoms. The third kappa shape index (κ3) is 6.31. The van der Waals surface area contributed by atoms with E-state index >= 15 is 0 Å². The molecule has 0 atom stereocenters. The molecule has 0 unspecified atom stereocenters. The number of rotatable bonds is 3. The highest BCUT2D eigenvalue weighted by Gasteiger charge is 1.94. The minimum atomic E-state index is -0.398. The van der Waals surface area contributed by atoms with E-state index in [0.29, 0.717) is 0 Å². The van der Waals surface area contributed by atoms with E-state index in [4.69, 9.17) is 5.26 Å². The molecule has 0 saturated heterocycles. The van der Waals surface area contributed by atoms with Crippen LogP contribution in [-0.2, 0) is 4.79 Å². The molecule has 0 aliphatic carbocycles. The second kappa shape index (κ2) is 5.23. The van der Waals surface area contributed by atoms with Gasteiger partial charge in [-0.1, -0.05) is 0 Å². The third-order valence-electron chi connectivity index (χ3n) is 0.718. The summed E-state index contributed by atoms with van der Waals surface area (Å²) >= 11 is 0. The summed E-state index contributed by atoms with van der Waals surface area (Å²) in [6, 6.07) is 1.71. The van der Waals surface area contributed by atoms with Crippen molar-refractivity contribution in [1.29, 1.82) is 5.26 Å². The van der Waals surface area contributed by atoms with Gasteiger partial charge in [0, 0.05) is 14.1 Å². The molecule has 0 aromatic rings. The number of hydrogen-bond acceptors (Lipinski definition) is 3. The van der Waals surface area contributed by atoms with Crippen LogP contribution in [0, 0.1) is 11.3 Å². The molecule has 0 fully saturated rings. The Labute approximate surface area is 65.3 Å². The van der Waals surface area contributed by atoms with Gasteiger partial charge in [-0.3, -0.25) is 4.79 Å². The fraction of sp³-hybridized carbons (Fsp3) is 0.500. The lowest BCUT2D eigenvalue weighted by Gasteiger charge is -2.01. The first kappa shape index (κ1) is 9.43. The van der Waals surface area contributed by atoms with Gasteiger partial charge in [-0.05, 0) is 0 Å². The van der Waals surface area contributed by atoms with Gasteiger partial charge in [0.25, 0.3) is 5.91 Å². The summed E-state index contributed by atoms with van der Waals surface area (Å²) < 4.78 is 0. The normalized spacial score (nSPS) is 9.18. The first-order valence-electron chi connectivity index (χ1n) is 3.02. The smallest absolute Gasteiger partial charge is 0.254 e. The molecule has 5 heteroatoms. The number of hydrazone groups is 1. The molecule has 0 aromatic carbocycles. The maximum atomic E-state index is 10.6. The summed E-state index contributed by atoms with van der Waals surface area (Å²) in [5, 5.41) is 11.6. The van der Waals surface area contributed by atoms with Crippen molar-refractivity contribution in [1.82, 2.24) is 10.3 Å². The fourth-order valence-electron chi connectivity index (χ4n) is 0.328. The lowest BCUT2D eigenvalue weighted by molar-refractivity contribution is -0.120. The molecule has 0 bridgehead atoms. The van der Waals surface area contributed by atoms with E-state index in [9.17, 15) is 4.79 Å². The number of amides is 1. The van der Waals surface area contributed by atoms with Crippen molar-refractivity contribution in [3.63, 3.8) is 0 Å². The number of carbonyl (C=O) groups is 1. The molecule has 0 aliphatic rings. The highest BCUT2D eigenvalue weighted by molar-refractivity contribution is 5.78. The van der Waals surface area contributed by atoms with Crippen LogP contribution in [0.5, 0.6) is 0 Å². The van der Waals surface area contributed by atoms with E-state index in [1.165, 1.54) is 6.34 Å². The van der Waals surface area contributed by atoms with E-state index < -0.39 is 5.91 Å². The molecule has 0 radical (unpaired) electrons. The number of nitrogens with zero attached hydrogens (tertiary/aromatic N) is 3. The third-order valence-corrected chi connectivity index (χ3v) is 0.718. The van der Waals surface area contributed by atoms with E-state index in [1.807, 2.05) is 0 Å². The molecule has 0 aliphatic heterocycles. The molecule has 0 rings (SSSR count). The van der Waals surface area contributed by atoms with E-state index in [1.54, 1.807) is 25.1 Å². The van der Waals surface area contributed by atoms with Crippen LogP contribution in [0.25, 0.3) is 0 Å². The Morgan fingerprint density at radius 2 is 2.45 bits per heavy atom. The van der Waals surface area contributed by atoms with Crippen molar-refractivity contribution in [2.45, 2.75) is 6.42 Å². The minimum Gasteiger partial charge on any atom is -0.367 e. The zero-order chi connectivity index (χ0) is 8.69. The van der Waals surface area contributed by atoms with E-state index in [0.717, 1.165) is 0 Å². The maximum Gasteiger partial charge on any atom is 0.254 e. The topological polar surface area (TPSA) is 68.5 Å². The molecule has 11 heavy (non-hydrogen) atoms. The van der Waals surface area contributed by atoms with Crippen molar-refractivity contribution in [3.05, 3.63) is 0 Å². The maximum absolute atomic E-state index is 10.6. The monoisotopic (exact) mass is 154 g/mol. The Kier molecular flexibility index (Phi) is 4.49. The molecule has 0 heterocycles. The number of carbonyl (C=O) groups excluding carboxylic acids is 1. The molecular weight excluding hydrogens is 144 g/mol. The van der Waals surface area contributed by atoms with Gasteiger partial charge in [-0.2, -0.15) is 10.4 Å². The van der Waals surface area contributed by atoms with Gasteiger partial charge in [-0.15, -0.1) is 0 Å². The predicted octanol–water partition coefficient (Wildman–Crippen LogP) is -0.479. The summed E-state index contributed by atoms with van der Waals surface area (Å²) in [5.74, 6) is -0.398. The zero-order valence-electron chi connectivity index (χ0n) is 6.53. The molecule has 60 valence electrons. The quantitative estimate of drug-likeness (QED) is 0.339. The summed E-state index contributed by atoms with van der Waals surface area (Å²) in [6.45, 7) is 0. The van der Waals surface area contributed by atoms with Crippen molar-refractivity contribution in [2.75, 3.05) is 14.1 Å². The van der Waals surface area contributed by atoms with Crippen LogP contribution in [0.4, 0.5) is 0 Å². The van der Waals surface area contributed by atoms with Crippen molar-refractivity contribution >= 4 is 12.2 Å². The average molecular weight is 154 g/mol. The molecular formula is C6H10N4O. The van der Waals surface area contributed by atoms with E-state index in [2.05, 4.69) is 10.5 Å². The van der Waals surface area contributed by atoms with Gasteiger partial charge >= 0.3 is 0 Å². The number of nitriles is 1. The Morgan fingerprint density at radius 1 is 1.82 bits per heavy atom. The Balaban J connectivity index is 3.55. The first-order valence-corrected chi connectivity index (χ1v) is 3.02. The van der Waals surface area contributed by atoms with Crippen LogP contribution in [0.2, 0.25) is 0 Å². The summed E-state index contributed by atoms with van der Waals surface area (Å²) in [5.41, 5.74) is 2.18. The Bertz CT molecular complexity index is 191. The summed E-state index contributed by atoms with van der Waals surface area (Å²) in [6.07, 6.45) is 1.28. The SMILES string of the molecule is CN(C)/C=N/NC(=O)CC#N.